The maximum absolute atomic E-state index is 14.3. The van der Waals surface area contributed by atoms with E-state index in [9.17, 15) is 63.4 Å². The molecule has 4 aromatic rings. The number of aliphatic imine (C=N–C) groups is 3. The molecule has 4 aromatic heterocycles. The number of aromatic nitrogens is 8. The van der Waals surface area contributed by atoms with Crippen LogP contribution in [0.15, 0.2) is 74.6 Å². The first-order valence-electron chi connectivity index (χ1n) is 35.0. The number of fused-ring (bicyclic) bond motifs is 8. The van der Waals surface area contributed by atoms with Crippen LogP contribution >= 0.6 is 7.82 Å². The summed E-state index contributed by atoms with van der Waals surface area (Å²) < 4.78 is 38.2. The van der Waals surface area contributed by atoms with Crippen LogP contribution in [0.2, 0.25) is 0 Å². The number of carbonyl (C=O) groups is 7. The van der Waals surface area contributed by atoms with E-state index in [0.717, 1.165) is 0 Å². The number of phosphoric acid groups is 1. The summed E-state index contributed by atoms with van der Waals surface area (Å²) in [6.45, 7) is 18.5. The van der Waals surface area contributed by atoms with Crippen molar-refractivity contribution in [2.75, 3.05) is 24.6 Å². The van der Waals surface area contributed by atoms with E-state index < -0.39 is 168 Å². The van der Waals surface area contributed by atoms with Gasteiger partial charge in [0.2, 0.25) is 41.4 Å². The normalized spacial score (nSPS) is 33.8. The van der Waals surface area contributed by atoms with Crippen LogP contribution in [0.25, 0.3) is 27.6 Å². The number of rotatable bonds is 27. The number of aliphatic hydroxyl groups excluding tert-OH is 4. The molecule has 21 N–H and O–H groups in total. The number of amides is 7. The molecule has 7 aliphatic heterocycles. The summed E-state index contributed by atoms with van der Waals surface area (Å²) in [5.41, 5.74) is 46.3. The van der Waals surface area contributed by atoms with E-state index in [1.165, 1.54) is 41.4 Å². The number of imidazole rings is 2. The van der Waals surface area contributed by atoms with E-state index in [-0.39, 0.29) is 117 Å². The zero-order valence-electron chi connectivity index (χ0n) is 61.2. The molecule has 0 saturated carbocycles. The van der Waals surface area contributed by atoms with Crippen molar-refractivity contribution in [2.45, 2.75) is 200 Å². The number of nitrogens with zero attached hydrogens (tertiary/aromatic N) is 12. The third kappa shape index (κ3) is 15.8. The number of phosphoric ester groups is 1. The maximum atomic E-state index is 14.3. The Morgan fingerprint density at radius 3 is 1.93 bits per heavy atom. The Balaban J connectivity index is 0.000000612. The van der Waals surface area contributed by atoms with Crippen molar-refractivity contribution in [1.82, 2.24) is 44.4 Å². The molecular weight excluding hydrogens is 1470 g/mol. The molecule has 8 bridgehead atoms. The van der Waals surface area contributed by atoms with Gasteiger partial charge in [-0.3, -0.25) is 62.2 Å². The number of hydrogen-bond donors (Lipinski definition) is 13. The summed E-state index contributed by atoms with van der Waals surface area (Å²) in [4.78, 5) is 147. The van der Waals surface area contributed by atoms with Gasteiger partial charge >= 0.3 is 16.8 Å². The first-order valence-corrected chi connectivity index (χ1v) is 36.4. The Kier molecular flexibility index (Phi) is 24.5. The summed E-state index contributed by atoms with van der Waals surface area (Å²) in [6, 6.07) is -1.07. The topological polar surface area (TPSA) is 636 Å². The number of hydrogen-bond acceptors (Lipinski definition) is 28. The van der Waals surface area contributed by atoms with Crippen LogP contribution in [0, 0.1) is 52.3 Å². The van der Waals surface area contributed by atoms with Crippen LogP contribution in [0.4, 0.5) is 11.6 Å². The van der Waals surface area contributed by atoms with Gasteiger partial charge in [0, 0.05) is 108 Å². The number of nitrogens with one attached hydrogen (secondary N) is 1. The SMILES string of the molecule is C/C1=C2/[N-][C@H]([C@H](CC(N)=O)[C@@]2(C)CCC(=O)NC[C@@H](C)OP(=O)([O-])O[C@H]2[C@@H](O)[C@@H](n3cnc4ncnc(N)c43)O[C@@H]2CO)[C@]2(C)N=C(/C(C)=C3N=C(/C=C4N=C1[C@@H](CCC(N)=O)C\4(C)C)[C@@H](CCC(N)=O)[C@]\3(C)CC(N)=O)[C@@H](CCC(N)=O)[C@]2(C)CC(N)=O.[CH2-][C@H]1O[C@@H](n2cnc3c(N)ncnc32)[C@H](O)[C@@H]1O.[Co+3]. The van der Waals surface area contributed by atoms with Crippen LogP contribution in [0.5, 0.6) is 0 Å². The number of aliphatic hydroxyl groups is 4. The van der Waals surface area contributed by atoms with Crippen molar-refractivity contribution in [3.8, 4) is 0 Å². The van der Waals surface area contributed by atoms with Gasteiger partial charge in [-0.15, -0.1) is 0 Å². The fourth-order valence-electron chi connectivity index (χ4n) is 16.9. The average molecular weight is 1570 g/mol. The second-order valence-corrected chi connectivity index (χ2v) is 31.4. The predicted octanol–water partition coefficient (Wildman–Crippen LogP) is -0.0700. The van der Waals surface area contributed by atoms with Crippen LogP contribution < -0.4 is 56.1 Å². The minimum Gasteiger partial charge on any atom is -0.756 e. The molecule has 7 aliphatic rings. The molecule has 11 rings (SSSR count). The largest absolute Gasteiger partial charge is 3.00 e. The van der Waals surface area contributed by atoms with Crippen molar-refractivity contribution >= 4 is 100 Å². The number of nitrogens with two attached hydrogens (primary N) is 8. The molecule has 0 aliphatic carbocycles. The van der Waals surface area contributed by atoms with Crippen molar-refractivity contribution in [2.24, 2.45) is 94.7 Å². The van der Waals surface area contributed by atoms with E-state index in [1.807, 2.05) is 40.7 Å². The van der Waals surface area contributed by atoms with Gasteiger partial charge in [0.05, 0.1) is 36.4 Å². The zero-order valence-corrected chi connectivity index (χ0v) is 63.2. The van der Waals surface area contributed by atoms with Crippen LogP contribution in [-0.4, -0.2) is 185 Å². The van der Waals surface area contributed by atoms with Gasteiger partial charge in [-0.25, -0.2) is 29.9 Å². The second kappa shape index (κ2) is 31.8. The number of ether oxygens (including phenoxy) is 2. The molecule has 7 amide bonds. The van der Waals surface area contributed by atoms with E-state index in [4.69, 9.17) is 84.7 Å². The summed E-state index contributed by atoms with van der Waals surface area (Å²) in [7, 11) is -5.36. The number of primary amides is 6. The summed E-state index contributed by atoms with van der Waals surface area (Å²) in [5, 5.41) is 49.4. The van der Waals surface area contributed by atoms with Gasteiger partial charge in [0.1, 0.15) is 54.4 Å². The van der Waals surface area contributed by atoms with E-state index in [2.05, 4.69) is 42.1 Å². The molecule has 19 atom stereocenters. The number of carbonyl (C=O) groups excluding carboxylic acids is 7. The Morgan fingerprint density at radius 2 is 1.32 bits per heavy atom. The number of nitrogen functional groups attached to an aromatic ring is 2. The first kappa shape index (κ1) is 83.4. The first-order chi connectivity index (χ1) is 50.0. The van der Waals surface area contributed by atoms with Crippen LogP contribution in [0.3, 0.4) is 0 Å². The third-order valence-corrected chi connectivity index (χ3v) is 23.8. The van der Waals surface area contributed by atoms with Gasteiger partial charge in [-0.2, -0.15) is 5.70 Å². The third-order valence-electron chi connectivity index (χ3n) is 22.7. The number of allylic oxidation sites excluding steroid dienone is 6. The molecule has 0 aromatic carbocycles. The summed E-state index contributed by atoms with van der Waals surface area (Å²) in [6.07, 6.45) is -5.26. The van der Waals surface area contributed by atoms with Crippen molar-refractivity contribution in [3.63, 3.8) is 0 Å². The molecular formula is C68H95CoN21O17P. The van der Waals surface area contributed by atoms with Crippen molar-refractivity contribution in [1.29, 1.82) is 0 Å². The zero-order chi connectivity index (χ0) is 78.7. The quantitative estimate of drug-likeness (QED) is 0.0274. The minimum absolute atomic E-state index is 0. The summed E-state index contributed by atoms with van der Waals surface area (Å²) >= 11 is 0. The Morgan fingerprint density at radius 1 is 0.722 bits per heavy atom. The fraction of sp³-hybridized carbons (Fsp3) is 0.603. The molecule has 0 radical (unpaired) electrons. The molecule has 3 saturated heterocycles. The van der Waals surface area contributed by atoms with E-state index in [1.54, 1.807) is 20.8 Å². The molecule has 38 nitrogen and oxygen atoms in total. The van der Waals surface area contributed by atoms with Crippen molar-refractivity contribution < 1.29 is 98.7 Å². The fourth-order valence-corrected chi connectivity index (χ4v) is 18.1. The molecule has 588 valence electrons. The average Bonchev–Trinajstić information content (AvgIpc) is 1.52. The molecule has 40 heteroatoms. The standard InChI is InChI=1S/C58H85N16O14P.C10H12N5O3.Co/c1-26(87-89(84,85)88-47-34(23-75)86-53(46(47)83)74-25-69-52-45(74)51(65)67-24-68-52)22-66-42(82)16-17-55(6)32(18-39(62)79)50-58(9)57(8,21-41(64)81)31(12-15-38(61)78)44(73-58)28(3)49-56(7,20-40(63)80)29(10-13-36(59)76)33(70-49)19-35-54(4,5)30(11-14-37(60)77)43(71-35)27(2)48(55)72-50;1-4-6(16)7(17)10(18-4)15-3-14-5-8(11)12-2-13-9(5)15;/h19,24-26,29-32,34,46-47,50,53,75,83H,10-18,20-23H2,1-9H3,(H17,59,60,61,62,63,64,65,66,67,68,70,71,72,73,76,77,78,79,80,81,82,84,85);2-4,6-7,10,16-17H,1H2,(H2,11,12,13);/q;-1;+3/p-2/t26-,29-,30-,31-,32+,34-,46-,47-,50-,53+,55-,56+,57+,58+;4-,6-,7-,10-;/m11./s1. The Bertz CT molecular complexity index is 4470. The molecule has 1 unspecified atom stereocenters. The van der Waals surface area contributed by atoms with Gasteiger partial charge < -0.3 is 107 Å². The number of anilines is 2. The van der Waals surface area contributed by atoms with Gasteiger partial charge in [-0.05, 0) is 88.0 Å². The molecule has 0 spiro atoms. The van der Waals surface area contributed by atoms with E-state index >= 15 is 0 Å². The smallest absolute Gasteiger partial charge is 0.756 e. The van der Waals surface area contributed by atoms with Gasteiger partial charge in [0.15, 0.2) is 35.4 Å². The molecule has 11 heterocycles. The van der Waals surface area contributed by atoms with Crippen LogP contribution in [-0.2, 0) is 73.4 Å². The maximum Gasteiger partial charge on any atom is 3.00 e. The van der Waals surface area contributed by atoms with Gasteiger partial charge in [-0.1, -0.05) is 40.7 Å². The predicted molar refractivity (Wildman–Crippen MR) is 383 cm³/mol. The second-order valence-electron chi connectivity index (χ2n) is 30.1. The monoisotopic (exact) mass is 1570 g/mol. The summed E-state index contributed by atoms with van der Waals surface area (Å²) in [5.74, 6) is -7.26. The van der Waals surface area contributed by atoms with Crippen LogP contribution in [0.1, 0.15) is 145 Å². The van der Waals surface area contributed by atoms with Crippen molar-refractivity contribution in [3.05, 3.63) is 71.9 Å². The minimum atomic E-state index is -5.36. The van der Waals surface area contributed by atoms with E-state index in [0.29, 0.717) is 56.5 Å². The van der Waals surface area contributed by atoms with Gasteiger partial charge in [0.25, 0.3) is 7.82 Å². The Labute approximate surface area is 631 Å². The Hall–Kier alpha value is -8.60. The molecule has 108 heavy (non-hydrogen) atoms. The molecule has 3 fully saturated rings.